The Bertz CT molecular complexity index is 1070. The van der Waals surface area contributed by atoms with Gasteiger partial charge in [0, 0.05) is 38.2 Å². The van der Waals surface area contributed by atoms with E-state index in [2.05, 4.69) is 41.3 Å². The van der Waals surface area contributed by atoms with Crippen molar-refractivity contribution >= 4 is 17.0 Å². The number of nitrogens with two attached hydrogens (primary N) is 1. The molecule has 1 atom stereocenters. The van der Waals surface area contributed by atoms with E-state index in [9.17, 15) is 9.18 Å². The van der Waals surface area contributed by atoms with Crippen molar-refractivity contribution in [2.24, 2.45) is 5.92 Å². The molecule has 3 aliphatic rings. The summed E-state index contributed by atoms with van der Waals surface area (Å²) < 4.78 is 18.8. The summed E-state index contributed by atoms with van der Waals surface area (Å²) in [5.41, 5.74) is 13.6. The predicted octanol–water partition coefficient (Wildman–Crippen LogP) is 5.98. The van der Waals surface area contributed by atoms with Crippen LogP contribution in [0.15, 0.2) is 48.0 Å². The van der Waals surface area contributed by atoms with Crippen molar-refractivity contribution in [3.63, 3.8) is 0 Å². The molecule has 1 saturated heterocycles. The minimum atomic E-state index is -0.256. The van der Waals surface area contributed by atoms with Gasteiger partial charge in [-0.05, 0) is 97.4 Å². The van der Waals surface area contributed by atoms with E-state index in [1.807, 2.05) is 6.07 Å². The molecule has 5 heteroatoms. The van der Waals surface area contributed by atoms with Crippen LogP contribution in [0.1, 0.15) is 68.1 Å². The van der Waals surface area contributed by atoms with Gasteiger partial charge >= 0.3 is 0 Å². The number of nitrogen functional groups attached to an aromatic ring is 1. The molecule has 0 spiro atoms. The summed E-state index contributed by atoms with van der Waals surface area (Å²) in [6, 6.07) is 14.9. The molecule has 2 N–H and O–H groups in total. The first kappa shape index (κ1) is 24.1. The third-order valence-corrected chi connectivity index (χ3v) is 7.93. The largest absolute Gasteiger partial charge is 0.489 e. The van der Waals surface area contributed by atoms with Crippen LogP contribution in [0.25, 0.3) is 5.57 Å². The third-order valence-electron chi connectivity index (χ3n) is 7.93. The lowest BCUT2D eigenvalue weighted by Gasteiger charge is -2.27. The molecule has 2 fully saturated rings. The Hall–Kier alpha value is -2.66. The van der Waals surface area contributed by atoms with Crippen molar-refractivity contribution in [3.05, 3.63) is 64.7 Å². The normalized spacial score (nSPS) is 21.7. The van der Waals surface area contributed by atoms with Crippen molar-refractivity contribution in [1.82, 2.24) is 4.90 Å². The molecule has 2 aliphatic carbocycles. The van der Waals surface area contributed by atoms with Crippen molar-refractivity contribution in [2.45, 2.75) is 63.9 Å². The highest BCUT2D eigenvalue weighted by molar-refractivity contribution is 5.86. The number of hydrogen-bond donors (Lipinski definition) is 1. The average molecular weight is 477 g/mol. The van der Waals surface area contributed by atoms with E-state index in [0.717, 1.165) is 69.6 Å². The number of hydrogen-bond acceptors (Lipinski definition) is 4. The lowest BCUT2D eigenvalue weighted by Crippen LogP contribution is -2.26. The number of carbonyl (C=O) groups excluding carboxylic acids is 1. The first-order valence-electron chi connectivity index (χ1n) is 13.3. The molecule has 0 amide bonds. The number of Topliss-reactive ketones (excluding diaryl/α,β-unsaturated/α-hetero) is 1. The van der Waals surface area contributed by atoms with Gasteiger partial charge in [0.2, 0.25) is 0 Å². The Balaban J connectivity index is 1.41. The van der Waals surface area contributed by atoms with E-state index in [0.29, 0.717) is 31.0 Å². The summed E-state index contributed by atoms with van der Waals surface area (Å²) in [6.45, 7) is 2.40. The number of benzene rings is 2. The van der Waals surface area contributed by atoms with E-state index in [-0.39, 0.29) is 12.8 Å². The van der Waals surface area contributed by atoms with Crippen LogP contribution in [0, 0.1) is 5.92 Å². The number of alkyl halides is 1. The number of ether oxygens (including phenoxy) is 1. The number of carbonyl (C=O) groups is 1. The van der Waals surface area contributed by atoms with E-state index in [1.165, 1.54) is 27.8 Å². The molecule has 1 saturated carbocycles. The third kappa shape index (κ3) is 5.61. The number of anilines is 1. The molecule has 2 aromatic carbocycles. The second kappa shape index (κ2) is 10.9. The Morgan fingerprint density at radius 2 is 1.80 bits per heavy atom. The van der Waals surface area contributed by atoms with Crippen LogP contribution >= 0.6 is 0 Å². The van der Waals surface area contributed by atoms with Gasteiger partial charge in [-0.25, -0.2) is 0 Å². The zero-order chi connectivity index (χ0) is 24.2. The smallest absolute Gasteiger partial charge is 0.132 e. The number of nitrogens with zero attached hydrogens (tertiary/aromatic N) is 1. The van der Waals surface area contributed by atoms with Crippen molar-refractivity contribution in [2.75, 3.05) is 32.0 Å². The summed E-state index contributed by atoms with van der Waals surface area (Å²) >= 11 is 0. The van der Waals surface area contributed by atoms with E-state index >= 15 is 0 Å². The van der Waals surface area contributed by atoms with Crippen LogP contribution in [-0.2, 0) is 11.2 Å². The number of halogens is 1. The molecule has 0 bridgehead atoms. The van der Waals surface area contributed by atoms with Crippen LogP contribution in [0.5, 0.6) is 5.75 Å². The summed E-state index contributed by atoms with van der Waals surface area (Å²) in [7, 11) is 0. The molecule has 1 unspecified atom stereocenters. The van der Waals surface area contributed by atoms with Crippen LogP contribution in [0.4, 0.5) is 10.1 Å². The molecule has 1 aliphatic heterocycles. The van der Waals surface area contributed by atoms with Gasteiger partial charge < -0.3 is 10.5 Å². The number of likely N-dealkylation sites (tertiary alicyclic amines) is 1. The second-order valence-electron chi connectivity index (χ2n) is 10.4. The van der Waals surface area contributed by atoms with Crippen LogP contribution < -0.4 is 10.5 Å². The van der Waals surface area contributed by atoms with E-state index in [1.54, 1.807) is 0 Å². The van der Waals surface area contributed by atoms with Crippen molar-refractivity contribution in [3.8, 4) is 5.75 Å². The highest BCUT2D eigenvalue weighted by atomic mass is 19.1. The van der Waals surface area contributed by atoms with E-state index < -0.39 is 0 Å². The molecule has 186 valence electrons. The Labute approximate surface area is 208 Å². The van der Waals surface area contributed by atoms with Crippen LogP contribution in [0.3, 0.4) is 0 Å². The van der Waals surface area contributed by atoms with Crippen LogP contribution in [-0.4, -0.2) is 43.1 Å². The first-order chi connectivity index (χ1) is 17.1. The molecule has 1 heterocycles. The molecular weight excluding hydrogens is 439 g/mol. The zero-order valence-corrected chi connectivity index (χ0v) is 20.6. The number of rotatable bonds is 7. The van der Waals surface area contributed by atoms with Crippen molar-refractivity contribution in [1.29, 1.82) is 0 Å². The molecule has 0 radical (unpaired) electrons. The quantitative estimate of drug-likeness (QED) is 0.500. The van der Waals surface area contributed by atoms with Gasteiger partial charge in [0.05, 0.1) is 6.67 Å². The fourth-order valence-electron chi connectivity index (χ4n) is 6.14. The van der Waals surface area contributed by atoms with Gasteiger partial charge in [-0.1, -0.05) is 23.8 Å². The van der Waals surface area contributed by atoms with Gasteiger partial charge in [0.1, 0.15) is 17.6 Å². The SMILES string of the molecule is Nc1ccc2c(c1)CCCC(C1CCC(=O)CC1)=C2c1ccc(OC2CCN(CCCF)C2)cc1. The van der Waals surface area contributed by atoms with Crippen molar-refractivity contribution < 1.29 is 13.9 Å². The summed E-state index contributed by atoms with van der Waals surface area (Å²) in [6.07, 6.45) is 8.28. The molecule has 5 rings (SSSR count). The Morgan fingerprint density at radius 1 is 1.00 bits per heavy atom. The fraction of sp³-hybridized carbons (Fsp3) is 0.500. The highest BCUT2D eigenvalue weighted by Crippen LogP contribution is 2.42. The van der Waals surface area contributed by atoms with Gasteiger partial charge in [0.15, 0.2) is 0 Å². The number of allylic oxidation sites excluding steroid dienone is 1. The zero-order valence-electron chi connectivity index (χ0n) is 20.6. The first-order valence-corrected chi connectivity index (χ1v) is 13.3. The van der Waals surface area contributed by atoms with E-state index in [4.69, 9.17) is 10.5 Å². The minimum Gasteiger partial charge on any atom is -0.489 e. The van der Waals surface area contributed by atoms with Crippen LogP contribution in [0.2, 0.25) is 0 Å². The minimum absolute atomic E-state index is 0.164. The molecule has 35 heavy (non-hydrogen) atoms. The summed E-state index contributed by atoms with van der Waals surface area (Å²) in [5.74, 6) is 1.76. The maximum absolute atomic E-state index is 12.5. The maximum Gasteiger partial charge on any atom is 0.132 e. The summed E-state index contributed by atoms with van der Waals surface area (Å²) in [5, 5.41) is 0. The molecule has 2 aromatic rings. The maximum atomic E-state index is 12.5. The standard InChI is InChI=1S/C30H37FN2O2/c31-16-2-17-33-18-15-27(20-33)35-26-12-7-22(8-13-26)30-28(21-5-10-25(34)11-6-21)4-1-3-23-19-24(32)9-14-29(23)30/h7-9,12-14,19,21,27H,1-6,10-11,15-18,20,32H2. The topological polar surface area (TPSA) is 55.6 Å². The number of ketones is 1. The monoisotopic (exact) mass is 476 g/mol. The highest BCUT2D eigenvalue weighted by Gasteiger charge is 2.28. The predicted molar refractivity (Wildman–Crippen MR) is 139 cm³/mol. The molecule has 4 nitrogen and oxygen atoms in total. The number of fused-ring (bicyclic) bond motifs is 1. The Kier molecular flexibility index (Phi) is 7.52. The molecule has 0 aromatic heterocycles. The average Bonchev–Trinajstić information content (AvgIpc) is 3.22. The summed E-state index contributed by atoms with van der Waals surface area (Å²) in [4.78, 5) is 14.2. The fourth-order valence-corrected chi connectivity index (χ4v) is 6.14. The van der Waals surface area contributed by atoms with Gasteiger partial charge in [-0.3, -0.25) is 14.1 Å². The lowest BCUT2D eigenvalue weighted by atomic mass is 9.77. The second-order valence-corrected chi connectivity index (χ2v) is 10.4. The van der Waals surface area contributed by atoms with Gasteiger partial charge in [-0.2, -0.15) is 0 Å². The number of aryl methyl sites for hydroxylation is 1. The Morgan fingerprint density at radius 3 is 2.57 bits per heavy atom. The van der Waals surface area contributed by atoms with Gasteiger partial charge in [-0.15, -0.1) is 0 Å². The van der Waals surface area contributed by atoms with Gasteiger partial charge in [0.25, 0.3) is 0 Å². The lowest BCUT2D eigenvalue weighted by molar-refractivity contribution is -0.120. The molecular formula is C30H37FN2O2.